The molecular weight excluding hydrogens is 668 g/mol. The summed E-state index contributed by atoms with van der Waals surface area (Å²) in [6.45, 7) is 0.931. The molecule has 0 unspecified atom stereocenters. The Hall–Kier alpha value is -5.83. The molecule has 4 aromatic rings. The van der Waals surface area contributed by atoms with Crippen LogP contribution in [-0.2, 0) is 25.5 Å². The van der Waals surface area contributed by atoms with Crippen LogP contribution in [0.1, 0.15) is 16.0 Å². The van der Waals surface area contributed by atoms with Gasteiger partial charge in [-0.05, 0) is 18.2 Å². The molecule has 1 aliphatic rings. The van der Waals surface area contributed by atoms with E-state index in [2.05, 4.69) is 26.1 Å². The molecule has 16 nitrogen and oxygen atoms in total. The summed E-state index contributed by atoms with van der Waals surface area (Å²) in [4.78, 5) is 38.8. The van der Waals surface area contributed by atoms with Crippen LogP contribution in [0.25, 0.3) is 5.57 Å². The number of esters is 1. The first-order chi connectivity index (χ1) is 23.2. The topological polar surface area (TPSA) is 188 Å². The van der Waals surface area contributed by atoms with Crippen molar-refractivity contribution in [3.8, 4) is 29.3 Å². The summed E-state index contributed by atoms with van der Waals surface area (Å²) in [5, 5.41) is 22.4. The van der Waals surface area contributed by atoms with Crippen molar-refractivity contribution < 1.29 is 33.5 Å². The zero-order chi connectivity index (χ0) is 34.5. The Labute approximate surface area is 283 Å². The lowest BCUT2D eigenvalue weighted by Gasteiger charge is -2.34. The molecular formula is C30H27ClN8O8S. The molecule has 2 aromatic heterocycles. The van der Waals surface area contributed by atoms with Gasteiger partial charge in [0.1, 0.15) is 48.0 Å². The Morgan fingerprint density at radius 2 is 1.81 bits per heavy atom. The van der Waals surface area contributed by atoms with E-state index in [1.165, 1.54) is 44.2 Å². The van der Waals surface area contributed by atoms with Crippen LogP contribution in [0.5, 0.6) is 23.3 Å². The third-order valence-corrected chi connectivity index (χ3v) is 7.17. The average molecular weight is 695 g/mol. The van der Waals surface area contributed by atoms with E-state index in [0.29, 0.717) is 33.6 Å². The molecule has 0 amide bonds. The number of rotatable bonds is 10. The average Bonchev–Trinajstić information content (AvgIpc) is 3.50. The van der Waals surface area contributed by atoms with Crippen LogP contribution in [0.4, 0.5) is 0 Å². The van der Waals surface area contributed by atoms with Crippen molar-refractivity contribution in [2.24, 2.45) is 5.10 Å². The number of nitrogens with zero attached hydrogens (tertiary/aromatic N) is 8. The first-order valence-electron chi connectivity index (χ1n) is 13.7. The molecule has 0 aliphatic carbocycles. The number of guanidine groups is 1. The molecule has 0 atom stereocenters. The van der Waals surface area contributed by atoms with Gasteiger partial charge < -0.3 is 33.5 Å². The highest BCUT2D eigenvalue weighted by Gasteiger charge is 2.25. The predicted molar refractivity (Wildman–Crippen MR) is 172 cm³/mol. The van der Waals surface area contributed by atoms with Crippen LogP contribution in [0.15, 0.2) is 78.5 Å². The molecule has 3 heterocycles. The maximum atomic E-state index is 12.1. The SMILES string of the molecule is CN1COCN(Cc2cnc(Cl)s2)/C1=N/[N+](=O)[O-].CO/C=C(/C(=O)OC)c1ccccc1Oc1cc(Oc2ccccc2C#N)ncn1. The number of halogens is 1. The van der Waals surface area contributed by atoms with E-state index in [0.717, 1.165) is 4.88 Å². The molecule has 48 heavy (non-hydrogen) atoms. The van der Waals surface area contributed by atoms with Crippen molar-refractivity contribution in [1.82, 2.24) is 24.8 Å². The Morgan fingerprint density at radius 3 is 2.46 bits per heavy atom. The lowest BCUT2D eigenvalue weighted by atomic mass is 10.1. The minimum absolute atomic E-state index is 0.184. The van der Waals surface area contributed by atoms with E-state index in [1.807, 2.05) is 0 Å². The van der Waals surface area contributed by atoms with Gasteiger partial charge in [0.2, 0.25) is 11.8 Å². The van der Waals surface area contributed by atoms with Crippen LogP contribution < -0.4 is 9.47 Å². The van der Waals surface area contributed by atoms with Crippen molar-refractivity contribution in [2.45, 2.75) is 6.54 Å². The number of aromatic nitrogens is 3. The smallest absolute Gasteiger partial charge is 0.341 e. The first-order valence-corrected chi connectivity index (χ1v) is 14.9. The van der Waals surface area contributed by atoms with Gasteiger partial charge in [0.25, 0.3) is 5.96 Å². The zero-order valence-electron chi connectivity index (χ0n) is 25.7. The Kier molecular flexibility index (Phi) is 12.5. The van der Waals surface area contributed by atoms with Gasteiger partial charge in [0, 0.05) is 23.7 Å². The molecule has 0 spiro atoms. The second-order valence-electron chi connectivity index (χ2n) is 9.34. The lowest BCUT2D eigenvalue weighted by molar-refractivity contribution is -0.486. The van der Waals surface area contributed by atoms with E-state index in [4.69, 9.17) is 35.3 Å². The number of carbonyl (C=O) groups is 1. The first kappa shape index (κ1) is 35.0. The number of benzene rings is 2. The van der Waals surface area contributed by atoms with Crippen molar-refractivity contribution in [3.05, 3.63) is 104 Å². The fourth-order valence-corrected chi connectivity index (χ4v) is 5.05. The van der Waals surface area contributed by atoms with Gasteiger partial charge in [-0.3, -0.25) is 0 Å². The number of hydrazone groups is 1. The molecule has 0 saturated carbocycles. The fraction of sp³-hybridized carbons (Fsp3) is 0.200. The molecule has 2 aromatic carbocycles. The van der Waals surface area contributed by atoms with Crippen LogP contribution in [0.3, 0.4) is 0 Å². The second-order valence-corrected chi connectivity index (χ2v) is 11.0. The number of hydrogen-bond acceptors (Lipinski definition) is 13. The summed E-state index contributed by atoms with van der Waals surface area (Å²) >= 11 is 7.05. The summed E-state index contributed by atoms with van der Waals surface area (Å²) in [5.41, 5.74) is 1.02. The number of nitro groups is 1. The molecule has 5 rings (SSSR count). The van der Waals surface area contributed by atoms with E-state index in [1.54, 1.807) is 71.6 Å². The molecule has 1 aliphatic heterocycles. The van der Waals surface area contributed by atoms with Gasteiger partial charge in [0.05, 0.1) is 38.7 Å². The molecule has 18 heteroatoms. The Bertz CT molecular complexity index is 1850. The standard InChI is InChI=1S/C22H17N3O5.C8H10ClN5O3S/c1-27-13-17(22(26)28-2)16-8-4-6-10-19(16)30-21-11-20(24-14-25-21)29-18-9-5-3-7-15(18)12-23;1-12-4-17-5-13(8(12)11-14(15)16)3-6-2-10-7(9)18-6/h3-11,13-14H,1-2H3;2H,3-5H2,1H3/b17-13+;11-8+. The number of hydrogen-bond donors (Lipinski definition) is 0. The number of carbonyl (C=O) groups excluding carboxylic acids is 1. The van der Waals surface area contributed by atoms with Crippen LogP contribution in [0.2, 0.25) is 4.47 Å². The predicted octanol–water partition coefficient (Wildman–Crippen LogP) is 5.12. The maximum absolute atomic E-state index is 12.1. The van der Waals surface area contributed by atoms with Crippen LogP contribution in [0, 0.1) is 21.4 Å². The number of methoxy groups -OCH3 is 2. The van der Waals surface area contributed by atoms with Gasteiger partial charge in [-0.25, -0.2) is 29.9 Å². The normalized spacial score (nSPS) is 13.6. The van der Waals surface area contributed by atoms with E-state index < -0.39 is 11.0 Å². The van der Waals surface area contributed by atoms with E-state index in [-0.39, 0.29) is 36.8 Å². The number of para-hydroxylation sites is 2. The minimum Gasteiger partial charge on any atom is -0.503 e. The highest BCUT2D eigenvalue weighted by atomic mass is 35.5. The van der Waals surface area contributed by atoms with Crippen LogP contribution in [-0.4, -0.2) is 76.4 Å². The van der Waals surface area contributed by atoms with Crippen molar-refractivity contribution in [3.63, 3.8) is 0 Å². The van der Waals surface area contributed by atoms with Crippen molar-refractivity contribution in [2.75, 3.05) is 34.7 Å². The van der Waals surface area contributed by atoms with E-state index >= 15 is 0 Å². The van der Waals surface area contributed by atoms with Gasteiger partial charge in [-0.1, -0.05) is 41.9 Å². The lowest BCUT2D eigenvalue weighted by Crippen LogP contribution is -2.49. The Balaban J connectivity index is 0.000000246. The number of nitriles is 1. The number of thiazole rings is 1. The molecule has 0 N–H and O–H groups in total. The summed E-state index contributed by atoms with van der Waals surface area (Å²) < 4.78 is 27.1. The zero-order valence-corrected chi connectivity index (χ0v) is 27.3. The van der Waals surface area contributed by atoms with Gasteiger partial charge in [-0.15, -0.1) is 11.3 Å². The third-order valence-electron chi connectivity index (χ3n) is 6.07. The highest BCUT2D eigenvalue weighted by molar-refractivity contribution is 7.15. The minimum atomic E-state index is -0.718. The maximum Gasteiger partial charge on any atom is 0.341 e. The number of ether oxygens (including phenoxy) is 5. The molecule has 0 bridgehead atoms. The van der Waals surface area contributed by atoms with Crippen LogP contribution >= 0.6 is 22.9 Å². The largest absolute Gasteiger partial charge is 0.503 e. The molecule has 1 saturated heterocycles. The summed E-state index contributed by atoms with van der Waals surface area (Å²) in [6, 6.07) is 17.2. The third kappa shape index (κ3) is 9.59. The van der Waals surface area contributed by atoms with Crippen molar-refractivity contribution in [1.29, 1.82) is 5.26 Å². The summed E-state index contributed by atoms with van der Waals surface area (Å²) in [7, 11) is 4.39. The summed E-state index contributed by atoms with van der Waals surface area (Å²) in [6.07, 6.45) is 4.18. The van der Waals surface area contributed by atoms with Gasteiger partial charge >= 0.3 is 5.97 Å². The van der Waals surface area contributed by atoms with Gasteiger partial charge in [0.15, 0.2) is 9.50 Å². The molecule has 1 fully saturated rings. The fourth-order valence-electron chi connectivity index (χ4n) is 4.05. The Morgan fingerprint density at radius 1 is 1.12 bits per heavy atom. The second kappa shape index (κ2) is 17.2. The highest BCUT2D eigenvalue weighted by Crippen LogP contribution is 2.32. The summed E-state index contributed by atoms with van der Waals surface area (Å²) in [5.74, 6) is 0.780. The quantitative estimate of drug-likeness (QED) is 0.0699. The van der Waals surface area contributed by atoms with E-state index in [9.17, 15) is 20.2 Å². The van der Waals surface area contributed by atoms with Crippen molar-refractivity contribution >= 4 is 40.4 Å². The molecule has 248 valence electrons. The molecule has 0 radical (unpaired) electrons. The van der Waals surface area contributed by atoms with Gasteiger partial charge in [-0.2, -0.15) is 5.26 Å². The monoisotopic (exact) mass is 694 g/mol.